The minimum Gasteiger partial charge on any atom is -0.309 e. The van der Waals surface area contributed by atoms with Gasteiger partial charge in [0.1, 0.15) is 0 Å². The molecule has 0 bridgehead atoms. The highest BCUT2D eigenvalue weighted by Gasteiger charge is 2.17. The monoisotopic (exact) mass is 360 g/mol. The zero-order valence-corrected chi connectivity index (χ0v) is 13.8. The van der Waals surface area contributed by atoms with E-state index in [0.29, 0.717) is 0 Å². The Hall–Kier alpha value is -1.42. The number of hydrogen-bond acceptors (Lipinski definition) is 2. The first-order chi connectivity index (χ1) is 10.2. The smallest absolute Gasteiger partial charge is 0.0606 e. The number of aromatic nitrogens is 1. The third-order valence-corrected chi connectivity index (χ3v) is 4.49. The molecule has 0 radical (unpaired) electrons. The van der Waals surface area contributed by atoms with Crippen molar-refractivity contribution in [1.82, 2.24) is 10.3 Å². The molecule has 2 aromatic carbocycles. The Morgan fingerprint density at radius 1 is 1.10 bits per heavy atom. The van der Waals surface area contributed by atoms with Crippen LogP contribution in [0.2, 0.25) is 5.02 Å². The van der Waals surface area contributed by atoms with Crippen LogP contribution in [0.15, 0.2) is 59.3 Å². The average Bonchev–Trinajstić information content (AvgIpc) is 2.50. The maximum Gasteiger partial charge on any atom is 0.0606 e. The van der Waals surface area contributed by atoms with Crippen LogP contribution >= 0.6 is 27.5 Å². The average molecular weight is 362 g/mol. The van der Waals surface area contributed by atoms with Crippen molar-refractivity contribution in [3.63, 3.8) is 0 Å². The van der Waals surface area contributed by atoms with E-state index in [9.17, 15) is 0 Å². The van der Waals surface area contributed by atoms with Gasteiger partial charge in [0.15, 0.2) is 0 Å². The maximum atomic E-state index is 6.04. The largest absolute Gasteiger partial charge is 0.309 e. The van der Waals surface area contributed by atoms with Crippen LogP contribution in [0.3, 0.4) is 0 Å². The van der Waals surface area contributed by atoms with Gasteiger partial charge in [-0.2, -0.15) is 0 Å². The SMILES string of the molecule is CNC(c1ccc(Cl)cc1Br)c1cncc2ccccc12. The van der Waals surface area contributed by atoms with Gasteiger partial charge >= 0.3 is 0 Å². The molecule has 0 aliphatic heterocycles. The lowest BCUT2D eigenvalue weighted by Gasteiger charge is -2.20. The van der Waals surface area contributed by atoms with Crippen molar-refractivity contribution in [2.24, 2.45) is 0 Å². The molecule has 4 heteroatoms. The predicted octanol–water partition coefficient (Wildman–Crippen LogP) is 4.96. The van der Waals surface area contributed by atoms with Gasteiger partial charge in [-0.3, -0.25) is 4.98 Å². The number of hydrogen-bond donors (Lipinski definition) is 1. The summed E-state index contributed by atoms with van der Waals surface area (Å²) >= 11 is 9.65. The third kappa shape index (κ3) is 2.82. The normalized spacial score (nSPS) is 12.5. The van der Waals surface area contributed by atoms with Crippen LogP contribution in [0.1, 0.15) is 17.2 Å². The van der Waals surface area contributed by atoms with E-state index in [2.05, 4.69) is 44.4 Å². The molecule has 3 rings (SSSR count). The molecule has 3 aromatic rings. The van der Waals surface area contributed by atoms with Crippen LogP contribution in [0.4, 0.5) is 0 Å². The minimum atomic E-state index is 0.0511. The second-order valence-electron chi connectivity index (χ2n) is 4.84. The number of pyridine rings is 1. The predicted molar refractivity (Wildman–Crippen MR) is 91.8 cm³/mol. The topological polar surface area (TPSA) is 24.9 Å². The van der Waals surface area contributed by atoms with Gasteiger partial charge in [0.2, 0.25) is 0 Å². The first-order valence-electron chi connectivity index (χ1n) is 6.65. The molecule has 2 nitrogen and oxygen atoms in total. The number of halogens is 2. The summed E-state index contributed by atoms with van der Waals surface area (Å²) in [5, 5.41) is 6.43. The molecule has 0 aliphatic rings. The van der Waals surface area contributed by atoms with Crippen molar-refractivity contribution in [2.75, 3.05) is 7.05 Å². The van der Waals surface area contributed by atoms with E-state index in [1.165, 1.54) is 5.39 Å². The highest BCUT2D eigenvalue weighted by Crippen LogP contribution is 2.33. The van der Waals surface area contributed by atoms with Gasteiger partial charge in [0.25, 0.3) is 0 Å². The molecular weight excluding hydrogens is 348 g/mol. The van der Waals surface area contributed by atoms with E-state index in [-0.39, 0.29) is 6.04 Å². The lowest BCUT2D eigenvalue weighted by Crippen LogP contribution is -2.18. The number of nitrogens with one attached hydrogen (secondary N) is 1. The molecule has 106 valence electrons. The Balaban J connectivity index is 2.18. The van der Waals surface area contributed by atoms with E-state index in [1.54, 1.807) is 0 Å². The molecule has 0 spiro atoms. The molecule has 1 heterocycles. The Morgan fingerprint density at radius 2 is 1.90 bits per heavy atom. The number of rotatable bonds is 3. The molecule has 0 fully saturated rings. The van der Waals surface area contributed by atoms with E-state index in [4.69, 9.17) is 11.6 Å². The van der Waals surface area contributed by atoms with Crippen molar-refractivity contribution < 1.29 is 0 Å². The van der Waals surface area contributed by atoms with Crippen molar-refractivity contribution in [3.8, 4) is 0 Å². The van der Waals surface area contributed by atoms with Crippen LogP contribution < -0.4 is 5.32 Å². The van der Waals surface area contributed by atoms with Gasteiger partial charge in [-0.1, -0.05) is 57.9 Å². The molecule has 21 heavy (non-hydrogen) atoms. The van der Waals surface area contributed by atoms with E-state index >= 15 is 0 Å². The molecule has 0 aliphatic carbocycles. The molecule has 0 saturated heterocycles. The van der Waals surface area contributed by atoms with Crippen LogP contribution in [0.25, 0.3) is 10.8 Å². The van der Waals surface area contributed by atoms with Crippen molar-refractivity contribution in [2.45, 2.75) is 6.04 Å². The summed E-state index contributed by atoms with van der Waals surface area (Å²) in [5.41, 5.74) is 2.29. The number of nitrogens with zero attached hydrogens (tertiary/aromatic N) is 1. The van der Waals surface area contributed by atoms with Crippen molar-refractivity contribution in [3.05, 3.63) is 75.5 Å². The molecule has 1 aromatic heterocycles. The van der Waals surface area contributed by atoms with Gasteiger partial charge in [-0.05, 0) is 35.7 Å². The lowest BCUT2D eigenvalue weighted by molar-refractivity contribution is 0.691. The van der Waals surface area contributed by atoms with Gasteiger partial charge < -0.3 is 5.32 Å². The minimum absolute atomic E-state index is 0.0511. The summed E-state index contributed by atoms with van der Waals surface area (Å²) < 4.78 is 0.988. The summed E-state index contributed by atoms with van der Waals surface area (Å²) in [5.74, 6) is 0. The fourth-order valence-corrected chi connectivity index (χ4v) is 3.50. The summed E-state index contributed by atoms with van der Waals surface area (Å²) in [7, 11) is 1.95. The fourth-order valence-electron chi connectivity index (χ4n) is 2.58. The van der Waals surface area contributed by atoms with Gasteiger partial charge in [-0.25, -0.2) is 0 Å². The molecule has 1 atom stereocenters. The molecular formula is C17H14BrClN2. The Morgan fingerprint density at radius 3 is 2.67 bits per heavy atom. The third-order valence-electron chi connectivity index (χ3n) is 3.57. The standard InChI is InChI=1S/C17H14BrClN2/c1-20-17(14-7-6-12(19)8-16(14)18)15-10-21-9-11-4-2-3-5-13(11)15/h2-10,17,20H,1H3. The summed E-state index contributed by atoms with van der Waals surface area (Å²) in [6.07, 6.45) is 3.81. The van der Waals surface area contributed by atoms with Gasteiger partial charge in [-0.15, -0.1) is 0 Å². The molecule has 1 unspecified atom stereocenters. The van der Waals surface area contributed by atoms with E-state index < -0.39 is 0 Å². The van der Waals surface area contributed by atoms with Crippen LogP contribution in [-0.2, 0) is 0 Å². The molecule has 1 N–H and O–H groups in total. The van der Waals surface area contributed by atoms with Crippen LogP contribution in [0, 0.1) is 0 Å². The highest BCUT2D eigenvalue weighted by molar-refractivity contribution is 9.10. The zero-order valence-electron chi connectivity index (χ0n) is 11.5. The summed E-state index contributed by atoms with van der Waals surface area (Å²) in [6.45, 7) is 0. The Bertz CT molecular complexity index is 783. The number of benzene rings is 2. The summed E-state index contributed by atoms with van der Waals surface area (Å²) in [4.78, 5) is 4.37. The van der Waals surface area contributed by atoms with Gasteiger partial charge in [0, 0.05) is 27.3 Å². The Labute approximate surface area is 137 Å². The highest BCUT2D eigenvalue weighted by atomic mass is 79.9. The fraction of sp³-hybridized carbons (Fsp3) is 0.118. The van der Waals surface area contributed by atoms with Crippen LogP contribution in [-0.4, -0.2) is 12.0 Å². The second-order valence-corrected chi connectivity index (χ2v) is 6.13. The summed E-state index contributed by atoms with van der Waals surface area (Å²) in [6, 6.07) is 14.2. The van der Waals surface area contributed by atoms with E-state index in [0.717, 1.165) is 26.0 Å². The first-order valence-corrected chi connectivity index (χ1v) is 7.82. The van der Waals surface area contributed by atoms with E-state index in [1.807, 2.05) is 43.7 Å². The van der Waals surface area contributed by atoms with Crippen LogP contribution in [0.5, 0.6) is 0 Å². The van der Waals surface area contributed by atoms with Crippen molar-refractivity contribution >= 4 is 38.3 Å². The zero-order chi connectivity index (χ0) is 14.8. The first kappa shape index (κ1) is 14.5. The molecule has 0 amide bonds. The Kier molecular flexibility index (Phi) is 4.24. The number of fused-ring (bicyclic) bond motifs is 1. The quantitative estimate of drug-likeness (QED) is 0.713. The van der Waals surface area contributed by atoms with Crippen molar-refractivity contribution in [1.29, 1.82) is 0 Å². The second kappa shape index (κ2) is 6.14. The van der Waals surface area contributed by atoms with Gasteiger partial charge in [0.05, 0.1) is 6.04 Å². The molecule has 0 saturated carbocycles. The maximum absolute atomic E-state index is 6.04. The lowest BCUT2D eigenvalue weighted by atomic mass is 9.96.